The Morgan fingerprint density at radius 2 is 1.29 bits per heavy atom. The van der Waals surface area contributed by atoms with Crippen LogP contribution in [0.4, 0.5) is 3.89 Å². The fourth-order valence-corrected chi connectivity index (χ4v) is 1.89. The summed E-state index contributed by atoms with van der Waals surface area (Å²) in [4.78, 5) is 0. The largest absolute Gasteiger partial charge is 0.437 e. The summed E-state index contributed by atoms with van der Waals surface area (Å²) in [6, 6.07) is 0. The topological polar surface area (TPSA) is 78.4 Å². The molecule has 0 aromatic carbocycles. The molecule has 106 valence electrons. The molecule has 0 aliphatic carbocycles. The minimum absolute atomic E-state index is 0. The maximum Gasteiger partial charge on any atom is 0.437 e. The average molecular weight is 271 g/mol. The lowest BCUT2D eigenvalue weighted by atomic mass is 10.1. The van der Waals surface area contributed by atoms with Crippen LogP contribution in [0.25, 0.3) is 0 Å². The molecule has 0 bridgehead atoms. The molecule has 0 saturated carbocycles. The predicted octanol–water partition coefficient (Wildman–Crippen LogP) is 3.91. The molecule has 0 unspecified atom stereocenters. The SMILES string of the molecule is CCCCCCCCCCCOS(=O)(=O)F.N. The van der Waals surface area contributed by atoms with Gasteiger partial charge in [-0.1, -0.05) is 62.2 Å². The van der Waals surface area contributed by atoms with Gasteiger partial charge in [0.05, 0.1) is 6.61 Å². The molecule has 0 fully saturated rings. The molecule has 17 heavy (non-hydrogen) atoms. The summed E-state index contributed by atoms with van der Waals surface area (Å²) in [5.41, 5.74) is 0. The molecule has 0 atom stereocenters. The van der Waals surface area contributed by atoms with Gasteiger partial charge in [-0.25, -0.2) is 4.18 Å². The molecule has 0 radical (unpaired) electrons. The van der Waals surface area contributed by atoms with Crippen molar-refractivity contribution in [3.05, 3.63) is 0 Å². The second kappa shape index (κ2) is 12.3. The van der Waals surface area contributed by atoms with Gasteiger partial charge in [-0.05, 0) is 6.42 Å². The summed E-state index contributed by atoms with van der Waals surface area (Å²) < 4.78 is 35.8. The molecule has 0 amide bonds. The second-order valence-electron chi connectivity index (χ2n) is 4.04. The van der Waals surface area contributed by atoms with Crippen LogP contribution in [-0.2, 0) is 14.7 Å². The first-order valence-electron chi connectivity index (χ1n) is 6.15. The lowest BCUT2D eigenvalue weighted by Crippen LogP contribution is -2.00. The van der Waals surface area contributed by atoms with E-state index in [1.54, 1.807) is 0 Å². The third kappa shape index (κ3) is 18.4. The number of halogens is 1. The summed E-state index contributed by atoms with van der Waals surface area (Å²) in [5.74, 6) is 0. The van der Waals surface area contributed by atoms with E-state index in [1.807, 2.05) is 0 Å². The van der Waals surface area contributed by atoms with Crippen LogP contribution < -0.4 is 6.15 Å². The zero-order valence-corrected chi connectivity index (χ0v) is 11.6. The lowest BCUT2D eigenvalue weighted by molar-refractivity contribution is 0.284. The number of hydrogen-bond donors (Lipinski definition) is 1. The molecule has 3 N–H and O–H groups in total. The summed E-state index contributed by atoms with van der Waals surface area (Å²) in [5, 5.41) is 0. The van der Waals surface area contributed by atoms with E-state index in [-0.39, 0.29) is 12.8 Å². The molecule has 0 spiro atoms. The van der Waals surface area contributed by atoms with Crippen molar-refractivity contribution in [1.29, 1.82) is 0 Å². The predicted molar refractivity (Wildman–Crippen MR) is 68.2 cm³/mol. The lowest BCUT2D eigenvalue weighted by Gasteiger charge is -2.01. The first kappa shape index (κ1) is 19.1. The van der Waals surface area contributed by atoms with Crippen LogP contribution in [0.1, 0.15) is 64.7 Å². The van der Waals surface area contributed by atoms with E-state index in [4.69, 9.17) is 0 Å². The van der Waals surface area contributed by atoms with Gasteiger partial charge < -0.3 is 6.15 Å². The maximum atomic E-state index is 11.9. The van der Waals surface area contributed by atoms with Crippen molar-refractivity contribution in [1.82, 2.24) is 6.15 Å². The normalized spacial score (nSPS) is 11.2. The van der Waals surface area contributed by atoms with E-state index >= 15 is 0 Å². The van der Waals surface area contributed by atoms with Crippen molar-refractivity contribution in [2.45, 2.75) is 64.7 Å². The van der Waals surface area contributed by atoms with Gasteiger partial charge in [0, 0.05) is 0 Å². The summed E-state index contributed by atoms with van der Waals surface area (Å²) >= 11 is 0. The van der Waals surface area contributed by atoms with Crippen LogP contribution in [0, 0.1) is 0 Å². The Morgan fingerprint density at radius 3 is 1.71 bits per heavy atom. The van der Waals surface area contributed by atoms with Crippen LogP contribution in [-0.4, -0.2) is 15.0 Å². The average Bonchev–Trinajstić information content (AvgIpc) is 2.19. The highest BCUT2D eigenvalue weighted by Gasteiger charge is 2.05. The van der Waals surface area contributed by atoms with Crippen molar-refractivity contribution in [2.75, 3.05) is 6.61 Å². The van der Waals surface area contributed by atoms with Crippen molar-refractivity contribution in [3.63, 3.8) is 0 Å². The fraction of sp³-hybridized carbons (Fsp3) is 1.00. The zero-order chi connectivity index (χ0) is 12.3. The monoisotopic (exact) mass is 271 g/mol. The Morgan fingerprint density at radius 1 is 0.882 bits per heavy atom. The Hall–Kier alpha value is -0.200. The molecule has 0 aromatic rings. The Balaban J connectivity index is 0. The third-order valence-corrected chi connectivity index (χ3v) is 2.92. The molecule has 6 heteroatoms. The van der Waals surface area contributed by atoms with Crippen LogP contribution in [0.5, 0.6) is 0 Å². The van der Waals surface area contributed by atoms with E-state index in [0.717, 1.165) is 12.8 Å². The van der Waals surface area contributed by atoms with E-state index in [0.29, 0.717) is 6.42 Å². The second-order valence-corrected chi connectivity index (χ2v) is 5.07. The van der Waals surface area contributed by atoms with E-state index in [2.05, 4.69) is 11.1 Å². The van der Waals surface area contributed by atoms with Gasteiger partial charge in [-0.2, -0.15) is 8.42 Å². The molecular formula is C11H26FNO3S. The molecule has 0 saturated heterocycles. The molecule has 0 heterocycles. The fourth-order valence-electron chi connectivity index (χ4n) is 1.57. The first-order chi connectivity index (χ1) is 7.56. The van der Waals surface area contributed by atoms with Gasteiger partial charge in [0.1, 0.15) is 0 Å². The molecule has 0 aromatic heterocycles. The smallest absolute Gasteiger partial charge is 0.344 e. The standard InChI is InChI=1S/C11H23FO3S.H3N/c1-2-3-4-5-6-7-8-9-10-11-15-16(12,13)14;/h2-11H2,1H3;1H3. The number of unbranched alkanes of at least 4 members (excludes halogenated alkanes) is 8. The summed E-state index contributed by atoms with van der Waals surface area (Å²) in [6.07, 6.45) is 10.2. The number of rotatable bonds is 11. The minimum atomic E-state index is -4.73. The van der Waals surface area contributed by atoms with Gasteiger partial charge in [0.15, 0.2) is 0 Å². The van der Waals surface area contributed by atoms with Gasteiger partial charge in [-0.15, -0.1) is 0 Å². The van der Waals surface area contributed by atoms with Gasteiger partial charge >= 0.3 is 10.5 Å². The van der Waals surface area contributed by atoms with Crippen molar-refractivity contribution < 1.29 is 16.5 Å². The molecular weight excluding hydrogens is 245 g/mol. The molecule has 0 aliphatic rings. The number of hydrogen-bond acceptors (Lipinski definition) is 4. The Kier molecular flexibility index (Phi) is 13.8. The molecule has 0 aliphatic heterocycles. The minimum Gasteiger partial charge on any atom is -0.344 e. The van der Waals surface area contributed by atoms with Crippen molar-refractivity contribution in [2.24, 2.45) is 0 Å². The Bertz CT molecular complexity index is 245. The third-order valence-electron chi connectivity index (χ3n) is 2.47. The van der Waals surface area contributed by atoms with Gasteiger partial charge in [-0.3, -0.25) is 0 Å². The highest BCUT2D eigenvalue weighted by molar-refractivity contribution is 7.81. The van der Waals surface area contributed by atoms with E-state index < -0.39 is 10.5 Å². The van der Waals surface area contributed by atoms with Gasteiger partial charge in [0.2, 0.25) is 0 Å². The zero-order valence-electron chi connectivity index (χ0n) is 10.8. The quantitative estimate of drug-likeness (QED) is 0.456. The van der Waals surface area contributed by atoms with E-state index in [1.165, 1.54) is 38.5 Å². The first-order valence-corrected chi connectivity index (χ1v) is 7.46. The summed E-state index contributed by atoms with van der Waals surface area (Å²) in [7, 11) is -4.73. The molecule has 0 rings (SSSR count). The highest BCUT2D eigenvalue weighted by Crippen LogP contribution is 2.09. The van der Waals surface area contributed by atoms with Crippen LogP contribution in [0.2, 0.25) is 0 Å². The van der Waals surface area contributed by atoms with Crippen molar-refractivity contribution in [3.8, 4) is 0 Å². The maximum absolute atomic E-state index is 11.9. The van der Waals surface area contributed by atoms with Crippen molar-refractivity contribution >= 4 is 10.5 Å². The van der Waals surface area contributed by atoms with Crippen LogP contribution >= 0.6 is 0 Å². The van der Waals surface area contributed by atoms with Gasteiger partial charge in [0.25, 0.3) is 0 Å². The van der Waals surface area contributed by atoms with E-state index in [9.17, 15) is 12.3 Å². The molecule has 4 nitrogen and oxygen atoms in total. The highest BCUT2D eigenvalue weighted by atomic mass is 32.3. The Labute approximate surface area is 105 Å². The van der Waals surface area contributed by atoms with Crippen LogP contribution in [0.15, 0.2) is 0 Å². The summed E-state index contributed by atoms with van der Waals surface area (Å²) in [6.45, 7) is 2.16. The van der Waals surface area contributed by atoms with Crippen LogP contribution in [0.3, 0.4) is 0 Å².